The third-order valence-electron chi connectivity index (χ3n) is 3.62. The van der Waals surface area contributed by atoms with Gasteiger partial charge in [-0.3, -0.25) is 9.69 Å². The van der Waals surface area contributed by atoms with Gasteiger partial charge in [0.1, 0.15) is 5.75 Å². The Morgan fingerprint density at radius 1 is 1.14 bits per heavy atom. The van der Waals surface area contributed by atoms with Gasteiger partial charge in [-0.15, -0.1) is 11.3 Å². The van der Waals surface area contributed by atoms with Gasteiger partial charge in [0.05, 0.1) is 23.0 Å². The second kappa shape index (κ2) is 8.75. The molecule has 1 heterocycles. The van der Waals surface area contributed by atoms with Crippen LogP contribution in [0.2, 0.25) is 0 Å². The molecule has 0 atom stereocenters. The summed E-state index contributed by atoms with van der Waals surface area (Å²) in [7, 11) is 0. The van der Waals surface area contributed by atoms with Gasteiger partial charge in [-0.05, 0) is 42.5 Å². The predicted octanol–water partition coefficient (Wildman–Crippen LogP) is 4.32. The molecule has 0 bridgehead atoms. The summed E-state index contributed by atoms with van der Waals surface area (Å²) < 4.78 is 5.17. The molecule has 138 valence electrons. The molecule has 0 aliphatic carbocycles. The van der Waals surface area contributed by atoms with E-state index in [4.69, 9.17) is 10.00 Å². The number of carbonyl (C=O) groups excluding carboxylic acids is 2. The number of hydrogen-bond donors (Lipinski definition) is 0. The Bertz CT molecular complexity index is 1050. The van der Waals surface area contributed by atoms with E-state index in [0.717, 1.165) is 5.69 Å². The normalized spacial score (nSPS) is 10.4. The molecule has 3 rings (SSSR count). The summed E-state index contributed by atoms with van der Waals surface area (Å²) in [6.45, 7) is 1.47. The van der Waals surface area contributed by atoms with Gasteiger partial charge in [-0.2, -0.15) is 5.26 Å². The highest BCUT2D eigenvalue weighted by atomic mass is 32.1. The van der Waals surface area contributed by atoms with E-state index in [1.54, 1.807) is 29.6 Å². The van der Waals surface area contributed by atoms with E-state index in [0.29, 0.717) is 22.1 Å². The number of esters is 1. The fraction of sp³-hybridized carbons (Fsp3) is 0.0476. The van der Waals surface area contributed by atoms with Gasteiger partial charge < -0.3 is 4.74 Å². The number of ether oxygens (including phenoxy) is 1. The minimum atomic E-state index is -0.564. The van der Waals surface area contributed by atoms with E-state index in [1.165, 1.54) is 35.3 Å². The number of para-hydroxylation sites is 1. The van der Waals surface area contributed by atoms with Gasteiger partial charge in [-0.25, -0.2) is 9.78 Å². The van der Waals surface area contributed by atoms with Crippen LogP contribution in [0.15, 0.2) is 66.1 Å². The first-order chi connectivity index (χ1) is 13.6. The lowest BCUT2D eigenvalue weighted by Crippen LogP contribution is -2.22. The minimum absolute atomic E-state index is 0.156. The van der Waals surface area contributed by atoms with Crippen molar-refractivity contribution in [2.75, 3.05) is 4.90 Å². The van der Waals surface area contributed by atoms with Crippen LogP contribution in [-0.2, 0) is 9.59 Å². The number of nitriles is 1. The van der Waals surface area contributed by atoms with E-state index in [2.05, 4.69) is 4.98 Å². The Balaban J connectivity index is 1.70. The molecule has 0 aliphatic heterocycles. The second-order valence-electron chi connectivity index (χ2n) is 5.64. The van der Waals surface area contributed by atoms with E-state index >= 15 is 0 Å². The maximum Gasteiger partial charge on any atom is 0.336 e. The number of thiazole rings is 1. The predicted molar refractivity (Wildman–Crippen MR) is 107 cm³/mol. The van der Waals surface area contributed by atoms with Gasteiger partial charge in [0.2, 0.25) is 5.91 Å². The minimum Gasteiger partial charge on any atom is -0.423 e. The largest absolute Gasteiger partial charge is 0.423 e. The van der Waals surface area contributed by atoms with Crippen molar-refractivity contribution in [3.8, 4) is 11.8 Å². The lowest BCUT2D eigenvalue weighted by Gasteiger charge is -2.17. The molecule has 6 nitrogen and oxygen atoms in total. The monoisotopic (exact) mass is 389 g/mol. The molecule has 0 saturated carbocycles. The fourth-order valence-corrected chi connectivity index (χ4v) is 3.22. The summed E-state index contributed by atoms with van der Waals surface area (Å²) in [6.07, 6.45) is 2.78. The van der Waals surface area contributed by atoms with Crippen LogP contribution in [0.4, 0.5) is 10.8 Å². The molecule has 0 fully saturated rings. The number of nitrogens with zero attached hydrogens (tertiary/aromatic N) is 3. The van der Waals surface area contributed by atoms with Crippen LogP contribution in [-0.4, -0.2) is 16.9 Å². The van der Waals surface area contributed by atoms with E-state index in [-0.39, 0.29) is 5.91 Å². The zero-order valence-electron chi connectivity index (χ0n) is 14.9. The number of benzene rings is 2. The standard InChI is InChI=1S/C21H15N3O3S/c1-15(25)24(18-5-3-2-4-6-18)21-23-17(14-28-21)9-12-20(26)27-19-10-7-16(13-22)8-11-19/h2-12,14H,1H3/b12-9+. The number of anilines is 2. The first-order valence-corrected chi connectivity index (χ1v) is 9.16. The Morgan fingerprint density at radius 2 is 1.86 bits per heavy atom. The van der Waals surface area contributed by atoms with Crippen molar-refractivity contribution in [1.82, 2.24) is 4.98 Å². The number of hydrogen-bond acceptors (Lipinski definition) is 6. The highest BCUT2D eigenvalue weighted by Gasteiger charge is 2.17. The average molecular weight is 389 g/mol. The van der Waals surface area contributed by atoms with Crippen molar-refractivity contribution in [2.24, 2.45) is 0 Å². The number of rotatable bonds is 5. The van der Waals surface area contributed by atoms with Gasteiger partial charge in [0, 0.05) is 18.4 Å². The lowest BCUT2D eigenvalue weighted by atomic mass is 10.2. The number of aromatic nitrogens is 1. The quantitative estimate of drug-likeness (QED) is 0.369. The van der Waals surface area contributed by atoms with E-state index < -0.39 is 5.97 Å². The second-order valence-corrected chi connectivity index (χ2v) is 6.47. The first-order valence-electron chi connectivity index (χ1n) is 8.28. The van der Waals surface area contributed by atoms with Crippen molar-refractivity contribution in [2.45, 2.75) is 6.92 Å². The Hall–Kier alpha value is -3.76. The topological polar surface area (TPSA) is 83.3 Å². The molecule has 3 aromatic rings. The summed E-state index contributed by atoms with van der Waals surface area (Å²) in [5, 5.41) is 11.0. The van der Waals surface area contributed by atoms with Crippen LogP contribution in [0.5, 0.6) is 5.75 Å². The number of amides is 1. The molecule has 0 aliphatic rings. The van der Waals surface area contributed by atoms with Gasteiger partial charge >= 0.3 is 5.97 Å². The van der Waals surface area contributed by atoms with Crippen LogP contribution >= 0.6 is 11.3 Å². The maximum atomic E-state index is 12.0. The third kappa shape index (κ3) is 4.69. The van der Waals surface area contributed by atoms with Crippen LogP contribution in [0.3, 0.4) is 0 Å². The van der Waals surface area contributed by atoms with Crippen molar-refractivity contribution in [3.63, 3.8) is 0 Å². The summed E-state index contributed by atoms with van der Waals surface area (Å²) in [6, 6.07) is 17.5. The summed E-state index contributed by atoms with van der Waals surface area (Å²) in [5.41, 5.74) is 1.75. The summed E-state index contributed by atoms with van der Waals surface area (Å²) >= 11 is 1.30. The van der Waals surface area contributed by atoms with Crippen molar-refractivity contribution >= 4 is 40.1 Å². The molecule has 7 heteroatoms. The average Bonchev–Trinajstić information content (AvgIpc) is 3.16. The molecule has 0 saturated heterocycles. The Morgan fingerprint density at radius 3 is 2.50 bits per heavy atom. The number of carbonyl (C=O) groups is 2. The molecule has 0 radical (unpaired) electrons. The third-order valence-corrected chi connectivity index (χ3v) is 4.47. The maximum absolute atomic E-state index is 12.0. The van der Waals surface area contributed by atoms with Gasteiger partial charge in [-0.1, -0.05) is 18.2 Å². The molecule has 1 aromatic heterocycles. The molecule has 0 spiro atoms. The van der Waals surface area contributed by atoms with Crippen LogP contribution in [0, 0.1) is 11.3 Å². The zero-order chi connectivity index (χ0) is 19.9. The van der Waals surface area contributed by atoms with Crippen molar-refractivity contribution < 1.29 is 14.3 Å². The van der Waals surface area contributed by atoms with Crippen LogP contribution < -0.4 is 9.64 Å². The van der Waals surface area contributed by atoms with Crippen LogP contribution in [0.1, 0.15) is 18.2 Å². The van der Waals surface area contributed by atoms with Crippen molar-refractivity contribution in [1.29, 1.82) is 5.26 Å². The fourth-order valence-electron chi connectivity index (χ4n) is 2.36. The highest BCUT2D eigenvalue weighted by Crippen LogP contribution is 2.29. The SMILES string of the molecule is CC(=O)N(c1ccccc1)c1nc(/C=C/C(=O)Oc2ccc(C#N)cc2)cs1. The Kier molecular flexibility index (Phi) is 5.94. The Labute approximate surface area is 165 Å². The molecular formula is C21H15N3O3S. The van der Waals surface area contributed by atoms with Gasteiger partial charge in [0.15, 0.2) is 5.13 Å². The highest BCUT2D eigenvalue weighted by molar-refractivity contribution is 7.14. The summed E-state index contributed by atoms with van der Waals surface area (Å²) in [4.78, 5) is 29.9. The molecule has 28 heavy (non-hydrogen) atoms. The smallest absolute Gasteiger partial charge is 0.336 e. The molecule has 1 amide bonds. The summed E-state index contributed by atoms with van der Waals surface area (Å²) in [5.74, 6) is -0.374. The zero-order valence-corrected chi connectivity index (χ0v) is 15.7. The molecule has 0 N–H and O–H groups in total. The molecule has 0 unspecified atom stereocenters. The van der Waals surface area contributed by atoms with E-state index in [9.17, 15) is 9.59 Å². The van der Waals surface area contributed by atoms with Crippen LogP contribution in [0.25, 0.3) is 6.08 Å². The molecule has 2 aromatic carbocycles. The first kappa shape index (κ1) is 19.0. The lowest BCUT2D eigenvalue weighted by molar-refractivity contribution is -0.128. The van der Waals surface area contributed by atoms with Gasteiger partial charge in [0.25, 0.3) is 0 Å². The molecular weight excluding hydrogens is 374 g/mol. The van der Waals surface area contributed by atoms with Crippen molar-refractivity contribution in [3.05, 3.63) is 77.3 Å². The van der Waals surface area contributed by atoms with E-state index in [1.807, 2.05) is 36.4 Å².